The number of amides is 1. The molecule has 3 aromatic rings. The van der Waals surface area contributed by atoms with Crippen LogP contribution in [0.25, 0.3) is 10.9 Å². The monoisotopic (exact) mass is 406 g/mol. The largest absolute Gasteiger partial charge is 0.416 e. The fourth-order valence-electron chi connectivity index (χ4n) is 3.13. The van der Waals surface area contributed by atoms with Crippen LogP contribution in [0.15, 0.2) is 42.5 Å². The number of hydrogen-bond donors (Lipinski definition) is 1. The Morgan fingerprint density at radius 3 is 2.59 bits per heavy atom. The van der Waals surface area contributed by atoms with E-state index in [-0.39, 0.29) is 29.9 Å². The molecule has 0 unspecified atom stereocenters. The standard InChI is InChI=1S/C21H18F4N2O2/c1-12-16-7-6-14(21(23,24)25)9-17(16)27-18(11-29-2)19(12)20(28)26-10-13-4-3-5-15(22)8-13/h3-9H,10-11H2,1-2H3,(H,26,28). The molecule has 8 heteroatoms. The second kappa shape index (κ2) is 8.16. The second-order valence-corrected chi connectivity index (χ2v) is 6.53. The third-order valence-corrected chi connectivity index (χ3v) is 4.50. The molecule has 1 aromatic heterocycles. The van der Waals surface area contributed by atoms with Gasteiger partial charge in [-0.25, -0.2) is 9.37 Å². The van der Waals surface area contributed by atoms with Gasteiger partial charge in [0.1, 0.15) is 5.82 Å². The molecule has 0 aliphatic rings. The van der Waals surface area contributed by atoms with Gasteiger partial charge in [-0.3, -0.25) is 4.79 Å². The summed E-state index contributed by atoms with van der Waals surface area (Å²) in [5.74, 6) is -0.881. The molecular weight excluding hydrogens is 388 g/mol. The molecule has 1 N–H and O–H groups in total. The van der Waals surface area contributed by atoms with Crippen LogP contribution in [0, 0.1) is 12.7 Å². The van der Waals surface area contributed by atoms with Crippen LogP contribution in [0.5, 0.6) is 0 Å². The number of benzene rings is 2. The number of carbonyl (C=O) groups excluding carboxylic acids is 1. The van der Waals surface area contributed by atoms with Crippen molar-refractivity contribution in [3.63, 3.8) is 0 Å². The van der Waals surface area contributed by atoms with Gasteiger partial charge in [-0.1, -0.05) is 18.2 Å². The van der Waals surface area contributed by atoms with Crippen molar-refractivity contribution in [2.75, 3.05) is 7.11 Å². The van der Waals surface area contributed by atoms with Gasteiger partial charge >= 0.3 is 6.18 Å². The maximum Gasteiger partial charge on any atom is 0.416 e. The van der Waals surface area contributed by atoms with Crippen molar-refractivity contribution in [3.05, 3.63) is 76.2 Å². The van der Waals surface area contributed by atoms with Gasteiger partial charge in [-0.05, 0) is 42.3 Å². The van der Waals surface area contributed by atoms with Crippen LogP contribution in [0.1, 0.15) is 32.7 Å². The average molecular weight is 406 g/mol. The van der Waals surface area contributed by atoms with Gasteiger partial charge in [0.25, 0.3) is 5.91 Å². The Morgan fingerprint density at radius 1 is 1.17 bits per heavy atom. The van der Waals surface area contributed by atoms with Gasteiger partial charge in [0.2, 0.25) is 0 Å². The zero-order valence-corrected chi connectivity index (χ0v) is 15.7. The SMILES string of the molecule is COCc1nc2cc(C(F)(F)F)ccc2c(C)c1C(=O)NCc1cccc(F)c1. The number of aryl methyl sites for hydroxylation is 1. The zero-order valence-electron chi connectivity index (χ0n) is 15.7. The zero-order chi connectivity index (χ0) is 21.2. The summed E-state index contributed by atoms with van der Waals surface area (Å²) in [6.45, 7) is 1.69. The van der Waals surface area contributed by atoms with E-state index in [9.17, 15) is 22.4 Å². The summed E-state index contributed by atoms with van der Waals surface area (Å²) < 4.78 is 57.5. The fraction of sp³-hybridized carbons (Fsp3) is 0.238. The lowest BCUT2D eigenvalue weighted by Gasteiger charge is -2.16. The highest BCUT2D eigenvalue weighted by Crippen LogP contribution is 2.33. The molecule has 0 saturated carbocycles. The number of nitrogens with one attached hydrogen (secondary N) is 1. The van der Waals surface area contributed by atoms with Crippen molar-refractivity contribution in [2.45, 2.75) is 26.3 Å². The summed E-state index contributed by atoms with van der Waals surface area (Å²) in [5.41, 5.74) is 0.846. The molecule has 29 heavy (non-hydrogen) atoms. The predicted octanol–water partition coefficient (Wildman–Crippen LogP) is 4.78. The highest BCUT2D eigenvalue weighted by molar-refractivity contribution is 6.01. The first-order valence-corrected chi connectivity index (χ1v) is 8.72. The molecule has 0 radical (unpaired) electrons. The molecule has 1 heterocycles. The van der Waals surface area contributed by atoms with Gasteiger partial charge in [0.05, 0.1) is 28.9 Å². The normalized spacial score (nSPS) is 11.7. The van der Waals surface area contributed by atoms with Crippen LogP contribution in [0.3, 0.4) is 0 Å². The van der Waals surface area contributed by atoms with Gasteiger partial charge < -0.3 is 10.1 Å². The van der Waals surface area contributed by atoms with Crippen molar-refractivity contribution >= 4 is 16.8 Å². The number of aromatic nitrogens is 1. The average Bonchev–Trinajstić information content (AvgIpc) is 2.65. The van der Waals surface area contributed by atoms with Crippen molar-refractivity contribution in [1.82, 2.24) is 10.3 Å². The molecule has 0 aliphatic heterocycles. The molecule has 0 fully saturated rings. The van der Waals surface area contributed by atoms with Gasteiger partial charge in [0, 0.05) is 19.0 Å². The number of methoxy groups -OCH3 is 1. The van der Waals surface area contributed by atoms with Crippen molar-refractivity contribution in [1.29, 1.82) is 0 Å². The lowest BCUT2D eigenvalue weighted by molar-refractivity contribution is -0.137. The number of pyridine rings is 1. The van der Waals surface area contributed by atoms with Crippen molar-refractivity contribution < 1.29 is 27.1 Å². The van der Waals surface area contributed by atoms with E-state index in [1.54, 1.807) is 13.0 Å². The minimum absolute atomic E-state index is 0.0459. The molecule has 4 nitrogen and oxygen atoms in total. The third kappa shape index (κ3) is 4.54. The molecule has 0 atom stereocenters. The first-order valence-electron chi connectivity index (χ1n) is 8.72. The minimum atomic E-state index is -4.49. The van der Waals surface area contributed by atoms with E-state index in [0.29, 0.717) is 16.5 Å². The van der Waals surface area contributed by atoms with E-state index in [0.717, 1.165) is 12.1 Å². The van der Waals surface area contributed by atoms with Crippen LogP contribution in [-0.4, -0.2) is 18.0 Å². The highest BCUT2D eigenvalue weighted by Gasteiger charge is 2.31. The van der Waals surface area contributed by atoms with Gasteiger partial charge in [-0.2, -0.15) is 13.2 Å². The molecular formula is C21H18F4N2O2. The lowest BCUT2D eigenvalue weighted by Crippen LogP contribution is -2.26. The predicted molar refractivity (Wildman–Crippen MR) is 99.8 cm³/mol. The Labute approximate surface area is 164 Å². The summed E-state index contributed by atoms with van der Waals surface area (Å²) in [7, 11) is 1.40. The molecule has 1 amide bonds. The van der Waals surface area contributed by atoms with E-state index in [4.69, 9.17) is 4.74 Å². The van der Waals surface area contributed by atoms with E-state index in [1.807, 2.05) is 0 Å². The maximum absolute atomic E-state index is 13.3. The van der Waals surface area contributed by atoms with E-state index >= 15 is 0 Å². The van der Waals surface area contributed by atoms with Gasteiger partial charge in [0.15, 0.2) is 0 Å². The molecule has 152 valence electrons. The number of ether oxygens (including phenoxy) is 1. The lowest BCUT2D eigenvalue weighted by atomic mass is 9.99. The second-order valence-electron chi connectivity index (χ2n) is 6.53. The smallest absolute Gasteiger partial charge is 0.378 e. The summed E-state index contributed by atoms with van der Waals surface area (Å²) in [4.78, 5) is 17.1. The number of alkyl halides is 3. The van der Waals surface area contributed by atoms with Gasteiger partial charge in [-0.15, -0.1) is 0 Å². The molecule has 0 spiro atoms. The van der Waals surface area contributed by atoms with E-state index in [1.165, 1.54) is 31.4 Å². The molecule has 2 aromatic carbocycles. The number of nitrogens with zero attached hydrogens (tertiary/aromatic N) is 1. The third-order valence-electron chi connectivity index (χ3n) is 4.50. The quantitative estimate of drug-likeness (QED) is 0.621. The van der Waals surface area contributed by atoms with E-state index < -0.39 is 23.5 Å². The minimum Gasteiger partial charge on any atom is -0.378 e. The topological polar surface area (TPSA) is 51.2 Å². The fourth-order valence-corrected chi connectivity index (χ4v) is 3.13. The van der Waals surface area contributed by atoms with Crippen LogP contribution in [-0.2, 0) is 24.1 Å². The summed E-state index contributed by atoms with van der Waals surface area (Å²) in [5, 5.41) is 3.14. The molecule has 0 aliphatic carbocycles. The van der Waals surface area contributed by atoms with Crippen LogP contribution < -0.4 is 5.32 Å². The van der Waals surface area contributed by atoms with Crippen LogP contribution in [0.4, 0.5) is 17.6 Å². The first kappa shape index (κ1) is 20.7. The Hall–Kier alpha value is -3.00. The molecule has 0 saturated heterocycles. The molecule has 3 rings (SSSR count). The maximum atomic E-state index is 13.3. The highest BCUT2D eigenvalue weighted by atomic mass is 19.4. The number of hydrogen-bond acceptors (Lipinski definition) is 3. The van der Waals surface area contributed by atoms with Crippen LogP contribution in [0.2, 0.25) is 0 Å². The Morgan fingerprint density at radius 2 is 1.93 bits per heavy atom. The number of carbonyl (C=O) groups is 1. The van der Waals surface area contributed by atoms with Crippen LogP contribution >= 0.6 is 0 Å². The Bertz CT molecular complexity index is 1060. The Kier molecular flexibility index (Phi) is 5.83. The Balaban J connectivity index is 2.00. The number of rotatable bonds is 5. The molecule has 0 bridgehead atoms. The van der Waals surface area contributed by atoms with E-state index in [2.05, 4.69) is 10.3 Å². The number of halogens is 4. The summed E-state index contributed by atoms with van der Waals surface area (Å²) in [6, 6.07) is 9.03. The first-order chi connectivity index (χ1) is 13.7. The summed E-state index contributed by atoms with van der Waals surface area (Å²) in [6.07, 6.45) is -4.49. The van der Waals surface area contributed by atoms with Crippen molar-refractivity contribution in [2.24, 2.45) is 0 Å². The number of fused-ring (bicyclic) bond motifs is 1. The van der Waals surface area contributed by atoms with Crippen molar-refractivity contribution in [3.8, 4) is 0 Å². The summed E-state index contributed by atoms with van der Waals surface area (Å²) >= 11 is 0.